The molecule has 1 fully saturated rings. The molecule has 0 saturated carbocycles. The number of carbonyl (C=O) groups is 1. The quantitative estimate of drug-likeness (QED) is 0.500. The molecule has 2 nitrogen and oxygen atoms in total. The van der Waals surface area contributed by atoms with Gasteiger partial charge in [0.15, 0.2) is 0 Å². The molecule has 1 aliphatic heterocycles. The normalized spacial score (nSPS) is 22.2. The van der Waals surface area contributed by atoms with E-state index in [0.29, 0.717) is 6.42 Å². The number of hydrogen-bond donors (Lipinski definition) is 0. The third kappa shape index (κ3) is 3.11. The molecule has 1 saturated heterocycles. The molecular weight excluding hydrogens is 174 g/mol. The second-order valence-electron chi connectivity index (χ2n) is 3.44. The second kappa shape index (κ2) is 4.83. The van der Waals surface area contributed by atoms with Crippen LogP contribution in [0.3, 0.4) is 0 Å². The number of halogens is 1. The lowest BCUT2D eigenvalue weighted by molar-refractivity contribution is -0.117. The minimum absolute atomic E-state index is 0.0669. The van der Waals surface area contributed by atoms with Crippen molar-refractivity contribution in [3.05, 3.63) is 0 Å². The van der Waals surface area contributed by atoms with Gasteiger partial charge < -0.3 is 0 Å². The summed E-state index contributed by atoms with van der Waals surface area (Å²) in [6.07, 6.45) is 4.24. The van der Waals surface area contributed by atoms with Crippen molar-refractivity contribution in [2.45, 2.75) is 38.1 Å². The summed E-state index contributed by atoms with van der Waals surface area (Å²) in [5, 5.41) is 0. The molecule has 12 heavy (non-hydrogen) atoms. The highest BCUT2D eigenvalue weighted by Gasteiger charge is 2.19. The first-order chi connectivity index (χ1) is 5.70. The van der Waals surface area contributed by atoms with Gasteiger partial charge in [-0.15, -0.1) is 11.6 Å². The van der Waals surface area contributed by atoms with E-state index in [-0.39, 0.29) is 11.3 Å². The smallest absolute Gasteiger partial charge is 0.132 e. The van der Waals surface area contributed by atoms with Crippen LogP contribution in [0.2, 0.25) is 0 Å². The van der Waals surface area contributed by atoms with Gasteiger partial charge in [0, 0.05) is 6.42 Å². The number of nitrogens with zero attached hydrogens (tertiary/aromatic N) is 1. The second-order valence-corrected chi connectivity index (χ2v) is 3.94. The molecule has 0 N–H and O–H groups in total. The first-order valence-electron chi connectivity index (χ1n) is 4.57. The molecule has 0 aromatic heterocycles. The van der Waals surface area contributed by atoms with Crippen molar-refractivity contribution >= 4 is 17.4 Å². The Bertz CT molecular complexity index is 155. The van der Waals surface area contributed by atoms with Crippen LogP contribution in [-0.2, 0) is 4.79 Å². The summed E-state index contributed by atoms with van der Waals surface area (Å²) in [6, 6.07) is 0. The van der Waals surface area contributed by atoms with Crippen LogP contribution in [0.5, 0.6) is 0 Å². The van der Waals surface area contributed by atoms with Crippen LogP contribution < -0.4 is 0 Å². The van der Waals surface area contributed by atoms with Gasteiger partial charge in [-0.25, -0.2) is 0 Å². The van der Waals surface area contributed by atoms with Gasteiger partial charge >= 0.3 is 0 Å². The predicted octanol–water partition coefficient (Wildman–Crippen LogP) is 2.02. The lowest BCUT2D eigenvalue weighted by Gasteiger charge is -2.30. The van der Waals surface area contributed by atoms with Crippen molar-refractivity contribution in [3.63, 3.8) is 0 Å². The number of Topliss-reactive ketones (excluding diaryl/α,β-unsaturated/α-hetero) is 1. The highest BCUT2D eigenvalue weighted by atomic mass is 35.5. The maximum atomic E-state index is 10.8. The lowest BCUT2D eigenvalue weighted by atomic mass is 10.1. The molecule has 1 rings (SSSR count). The highest BCUT2D eigenvalue weighted by Crippen LogP contribution is 2.16. The number of hydrogen-bond acceptors (Lipinski definition) is 2. The van der Waals surface area contributed by atoms with Crippen LogP contribution in [0.4, 0.5) is 0 Å². The Balaban J connectivity index is 2.29. The minimum atomic E-state index is -0.0669. The summed E-state index contributed by atoms with van der Waals surface area (Å²) in [5.74, 6) is 0.181. The summed E-state index contributed by atoms with van der Waals surface area (Å²) >= 11 is 6.06. The zero-order chi connectivity index (χ0) is 8.97. The fraction of sp³-hybridized carbons (Fsp3) is 0.889. The first-order valence-corrected chi connectivity index (χ1v) is 5.01. The van der Waals surface area contributed by atoms with Gasteiger partial charge in [0.25, 0.3) is 0 Å². The van der Waals surface area contributed by atoms with Gasteiger partial charge in [0.1, 0.15) is 5.78 Å². The van der Waals surface area contributed by atoms with Crippen molar-refractivity contribution in [2.75, 3.05) is 13.1 Å². The fourth-order valence-corrected chi connectivity index (χ4v) is 1.98. The molecule has 70 valence electrons. The first kappa shape index (κ1) is 10.0. The lowest BCUT2D eigenvalue weighted by Crippen LogP contribution is -2.36. The van der Waals surface area contributed by atoms with Crippen LogP contribution in [0.1, 0.15) is 32.6 Å². The van der Waals surface area contributed by atoms with Crippen LogP contribution in [-0.4, -0.2) is 29.3 Å². The Morgan fingerprint density at radius 2 is 2.00 bits per heavy atom. The molecular formula is C9H16ClNO. The fourth-order valence-electron chi connectivity index (χ4n) is 1.56. The van der Waals surface area contributed by atoms with E-state index in [1.165, 1.54) is 19.3 Å². The molecule has 0 bridgehead atoms. The maximum absolute atomic E-state index is 10.8. The van der Waals surface area contributed by atoms with E-state index in [9.17, 15) is 4.79 Å². The van der Waals surface area contributed by atoms with Crippen molar-refractivity contribution in [3.8, 4) is 0 Å². The van der Waals surface area contributed by atoms with Gasteiger partial charge in [0.2, 0.25) is 0 Å². The number of ketones is 1. The third-order valence-electron chi connectivity index (χ3n) is 2.24. The van der Waals surface area contributed by atoms with Gasteiger partial charge in [-0.05, 0) is 32.9 Å². The molecule has 1 unspecified atom stereocenters. The zero-order valence-electron chi connectivity index (χ0n) is 7.55. The monoisotopic (exact) mass is 189 g/mol. The van der Waals surface area contributed by atoms with E-state index >= 15 is 0 Å². The van der Waals surface area contributed by atoms with E-state index in [1.807, 2.05) is 0 Å². The van der Waals surface area contributed by atoms with Crippen LogP contribution in [0, 0.1) is 0 Å². The van der Waals surface area contributed by atoms with Gasteiger partial charge in [0.05, 0.1) is 5.50 Å². The number of rotatable bonds is 3. The summed E-state index contributed by atoms with van der Waals surface area (Å²) in [4.78, 5) is 13.0. The van der Waals surface area contributed by atoms with Crippen molar-refractivity contribution in [2.24, 2.45) is 0 Å². The summed E-state index contributed by atoms with van der Waals surface area (Å²) in [6.45, 7) is 3.71. The molecule has 0 aromatic carbocycles. The Hall–Kier alpha value is -0.0800. The molecule has 0 aliphatic carbocycles. The van der Waals surface area contributed by atoms with Crippen LogP contribution in [0.15, 0.2) is 0 Å². The van der Waals surface area contributed by atoms with E-state index in [2.05, 4.69) is 4.90 Å². The molecule has 0 radical (unpaired) electrons. The maximum Gasteiger partial charge on any atom is 0.132 e. The van der Waals surface area contributed by atoms with Crippen molar-refractivity contribution in [1.82, 2.24) is 4.90 Å². The topological polar surface area (TPSA) is 20.3 Å². The SMILES string of the molecule is CC(=O)CC(Cl)N1CCCCC1. The Kier molecular flexibility index (Phi) is 4.02. The Morgan fingerprint density at radius 3 is 2.50 bits per heavy atom. The zero-order valence-corrected chi connectivity index (χ0v) is 8.31. The van der Waals surface area contributed by atoms with E-state index < -0.39 is 0 Å². The van der Waals surface area contributed by atoms with Crippen LogP contribution in [0.25, 0.3) is 0 Å². The molecule has 1 heterocycles. The van der Waals surface area contributed by atoms with Gasteiger partial charge in [-0.2, -0.15) is 0 Å². The Labute approximate surface area is 78.9 Å². The molecule has 0 aromatic rings. The number of piperidine rings is 1. The highest BCUT2D eigenvalue weighted by molar-refractivity contribution is 6.21. The largest absolute Gasteiger partial charge is 0.300 e. The Morgan fingerprint density at radius 1 is 1.42 bits per heavy atom. The van der Waals surface area contributed by atoms with E-state index in [1.54, 1.807) is 6.92 Å². The molecule has 1 atom stereocenters. The molecule has 3 heteroatoms. The molecule has 0 amide bonds. The number of alkyl halides is 1. The molecule has 1 aliphatic rings. The number of carbonyl (C=O) groups excluding carboxylic acids is 1. The van der Waals surface area contributed by atoms with Gasteiger partial charge in [-0.3, -0.25) is 9.69 Å². The summed E-state index contributed by atoms with van der Waals surface area (Å²) in [7, 11) is 0. The summed E-state index contributed by atoms with van der Waals surface area (Å²) in [5.41, 5.74) is -0.0669. The average Bonchev–Trinajstić information content (AvgIpc) is 2.05. The van der Waals surface area contributed by atoms with Gasteiger partial charge in [-0.1, -0.05) is 6.42 Å². The summed E-state index contributed by atoms with van der Waals surface area (Å²) < 4.78 is 0. The van der Waals surface area contributed by atoms with Crippen LogP contribution >= 0.6 is 11.6 Å². The average molecular weight is 190 g/mol. The number of likely N-dealkylation sites (tertiary alicyclic amines) is 1. The standard InChI is InChI=1S/C9H16ClNO/c1-8(12)7-9(10)11-5-3-2-4-6-11/h9H,2-7H2,1H3. The van der Waals surface area contributed by atoms with Crippen molar-refractivity contribution < 1.29 is 4.79 Å². The predicted molar refractivity (Wildman–Crippen MR) is 50.4 cm³/mol. The molecule has 0 spiro atoms. The van der Waals surface area contributed by atoms with E-state index in [0.717, 1.165) is 13.1 Å². The minimum Gasteiger partial charge on any atom is -0.300 e. The third-order valence-corrected chi connectivity index (χ3v) is 2.67. The van der Waals surface area contributed by atoms with Crippen molar-refractivity contribution in [1.29, 1.82) is 0 Å². The van der Waals surface area contributed by atoms with E-state index in [4.69, 9.17) is 11.6 Å².